The first-order chi connectivity index (χ1) is 8.62. The van der Waals surface area contributed by atoms with Gasteiger partial charge in [0.1, 0.15) is 0 Å². The van der Waals surface area contributed by atoms with E-state index < -0.39 is 0 Å². The van der Waals surface area contributed by atoms with Crippen LogP contribution in [-0.2, 0) is 0 Å². The van der Waals surface area contributed by atoms with Gasteiger partial charge < -0.3 is 10.4 Å². The van der Waals surface area contributed by atoms with E-state index >= 15 is 0 Å². The maximum atomic E-state index is 9.25. The van der Waals surface area contributed by atoms with Crippen molar-refractivity contribution >= 4 is 11.8 Å². The lowest BCUT2D eigenvalue weighted by atomic mass is 10.1. The zero-order valence-electron chi connectivity index (χ0n) is 11.1. The Morgan fingerprint density at radius 2 is 1.94 bits per heavy atom. The molecule has 0 amide bonds. The highest BCUT2D eigenvalue weighted by Crippen LogP contribution is 2.17. The van der Waals surface area contributed by atoms with Gasteiger partial charge in [-0.3, -0.25) is 0 Å². The van der Waals surface area contributed by atoms with E-state index in [1.807, 2.05) is 30.5 Å². The normalized spacial score (nSPS) is 15.7. The van der Waals surface area contributed by atoms with Gasteiger partial charge in [0.05, 0.1) is 18.2 Å². The standard InChI is InChI=1S/C14H20N2OS/c1-10(16-11(2)14(9-17)18-3)13-6-4-12(8-15)5-7-13/h4-7,10-11,14,16-17H,9H2,1-3H3. The van der Waals surface area contributed by atoms with E-state index in [-0.39, 0.29) is 23.9 Å². The van der Waals surface area contributed by atoms with E-state index in [1.54, 1.807) is 11.8 Å². The Balaban J connectivity index is 2.64. The Kier molecular flexibility index (Phi) is 6.20. The number of nitrogens with one attached hydrogen (secondary N) is 1. The molecule has 1 rings (SSSR count). The van der Waals surface area contributed by atoms with Gasteiger partial charge in [0.25, 0.3) is 0 Å². The zero-order valence-corrected chi connectivity index (χ0v) is 11.9. The smallest absolute Gasteiger partial charge is 0.0991 e. The Morgan fingerprint density at radius 1 is 1.33 bits per heavy atom. The average Bonchev–Trinajstić information content (AvgIpc) is 2.40. The second-order valence-electron chi connectivity index (χ2n) is 4.37. The Bertz CT molecular complexity index is 395. The minimum absolute atomic E-state index is 0.176. The molecule has 1 aromatic rings. The zero-order chi connectivity index (χ0) is 13.5. The van der Waals surface area contributed by atoms with Crippen molar-refractivity contribution in [3.8, 4) is 6.07 Å². The third-order valence-corrected chi connectivity index (χ3v) is 4.26. The molecule has 1 aromatic carbocycles. The molecular weight excluding hydrogens is 244 g/mol. The second kappa shape index (κ2) is 7.42. The molecule has 2 N–H and O–H groups in total. The van der Waals surface area contributed by atoms with Crippen molar-refractivity contribution in [2.24, 2.45) is 0 Å². The van der Waals surface area contributed by atoms with Gasteiger partial charge in [-0.15, -0.1) is 0 Å². The molecule has 3 unspecified atom stereocenters. The molecule has 98 valence electrons. The number of aliphatic hydroxyl groups excluding tert-OH is 1. The Labute approximate surface area is 113 Å². The lowest BCUT2D eigenvalue weighted by Crippen LogP contribution is -2.38. The predicted octanol–water partition coefficient (Wildman–Crippen LogP) is 2.32. The van der Waals surface area contributed by atoms with Gasteiger partial charge in [-0.2, -0.15) is 17.0 Å². The fourth-order valence-corrected chi connectivity index (χ4v) is 2.52. The van der Waals surface area contributed by atoms with Crippen LogP contribution in [0.25, 0.3) is 0 Å². The van der Waals surface area contributed by atoms with Gasteiger partial charge in [0.2, 0.25) is 0 Å². The maximum Gasteiger partial charge on any atom is 0.0991 e. The second-order valence-corrected chi connectivity index (χ2v) is 5.44. The van der Waals surface area contributed by atoms with E-state index in [9.17, 15) is 5.11 Å². The van der Waals surface area contributed by atoms with Crippen molar-refractivity contribution in [2.75, 3.05) is 12.9 Å². The quantitative estimate of drug-likeness (QED) is 0.828. The summed E-state index contributed by atoms with van der Waals surface area (Å²) in [7, 11) is 0. The lowest BCUT2D eigenvalue weighted by Gasteiger charge is -2.25. The molecule has 18 heavy (non-hydrogen) atoms. The molecule has 0 radical (unpaired) electrons. The summed E-state index contributed by atoms with van der Waals surface area (Å²) in [5.41, 5.74) is 1.83. The van der Waals surface area contributed by atoms with Gasteiger partial charge in [-0.05, 0) is 37.8 Å². The van der Waals surface area contributed by atoms with Crippen molar-refractivity contribution in [2.45, 2.75) is 31.2 Å². The summed E-state index contributed by atoms with van der Waals surface area (Å²) >= 11 is 1.67. The summed E-state index contributed by atoms with van der Waals surface area (Å²) < 4.78 is 0. The topological polar surface area (TPSA) is 56.0 Å². The van der Waals surface area contributed by atoms with Crippen LogP contribution in [0.15, 0.2) is 24.3 Å². The van der Waals surface area contributed by atoms with Crippen LogP contribution in [0, 0.1) is 11.3 Å². The molecule has 3 atom stereocenters. The molecule has 0 aliphatic heterocycles. The monoisotopic (exact) mass is 264 g/mol. The molecule has 0 saturated carbocycles. The third-order valence-electron chi connectivity index (χ3n) is 3.09. The number of thioether (sulfide) groups is 1. The molecular formula is C14H20N2OS. The van der Waals surface area contributed by atoms with Crippen LogP contribution in [0.1, 0.15) is 31.0 Å². The molecule has 0 aliphatic rings. The van der Waals surface area contributed by atoms with Crippen molar-refractivity contribution in [3.05, 3.63) is 35.4 Å². The molecule has 0 aliphatic carbocycles. The SMILES string of the molecule is CSC(CO)C(C)NC(C)c1ccc(C#N)cc1. The number of hydrogen-bond donors (Lipinski definition) is 2. The molecule has 0 aromatic heterocycles. The molecule has 0 bridgehead atoms. The molecule has 3 nitrogen and oxygen atoms in total. The Morgan fingerprint density at radius 3 is 2.39 bits per heavy atom. The first-order valence-corrected chi connectivity index (χ1v) is 7.31. The molecule has 0 saturated heterocycles. The summed E-state index contributed by atoms with van der Waals surface area (Å²) in [6.07, 6.45) is 2.01. The molecule has 0 spiro atoms. The van der Waals surface area contributed by atoms with E-state index in [1.165, 1.54) is 0 Å². The van der Waals surface area contributed by atoms with Crippen LogP contribution in [0.3, 0.4) is 0 Å². The average molecular weight is 264 g/mol. The highest BCUT2D eigenvalue weighted by Gasteiger charge is 2.17. The molecule has 0 heterocycles. The van der Waals surface area contributed by atoms with E-state index in [0.29, 0.717) is 5.56 Å². The van der Waals surface area contributed by atoms with Crippen LogP contribution in [-0.4, -0.2) is 29.3 Å². The van der Waals surface area contributed by atoms with Crippen molar-refractivity contribution in [1.29, 1.82) is 5.26 Å². The fraction of sp³-hybridized carbons (Fsp3) is 0.500. The molecule has 0 fully saturated rings. The van der Waals surface area contributed by atoms with Gasteiger partial charge in [-0.25, -0.2) is 0 Å². The fourth-order valence-electron chi connectivity index (χ4n) is 1.88. The van der Waals surface area contributed by atoms with E-state index in [2.05, 4.69) is 25.2 Å². The number of rotatable bonds is 6. The maximum absolute atomic E-state index is 9.25. The van der Waals surface area contributed by atoms with Gasteiger partial charge >= 0.3 is 0 Å². The highest BCUT2D eigenvalue weighted by atomic mass is 32.2. The van der Waals surface area contributed by atoms with Crippen LogP contribution in [0.5, 0.6) is 0 Å². The van der Waals surface area contributed by atoms with Crippen LogP contribution >= 0.6 is 11.8 Å². The van der Waals surface area contributed by atoms with Crippen LogP contribution in [0.2, 0.25) is 0 Å². The molecule has 4 heteroatoms. The number of nitrogens with zero attached hydrogens (tertiary/aromatic N) is 1. The number of aliphatic hydroxyl groups is 1. The van der Waals surface area contributed by atoms with Gasteiger partial charge in [-0.1, -0.05) is 12.1 Å². The minimum atomic E-state index is 0.176. The first kappa shape index (κ1) is 15.0. The number of nitriles is 1. The van der Waals surface area contributed by atoms with Gasteiger partial charge in [0, 0.05) is 17.3 Å². The van der Waals surface area contributed by atoms with Crippen molar-refractivity contribution in [3.63, 3.8) is 0 Å². The Hall–Kier alpha value is -1.02. The van der Waals surface area contributed by atoms with Crippen LogP contribution < -0.4 is 5.32 Å². The van der Waals surface area contributed by atoms with Gasteiger partial charge in [0.15, 0.2) is 0 Å². The predicted molar refractivity (Wildman–Crippen MR) is 76.6 cm³/mol. The first-order valence-electron chi connectivity index (χ1n) is 6.02. The van der Waals surface area contributed by atoms with Crippen LogP contribution in [0.4, 0.5) is 0 Å². The lowest BCUT2D eigenvalue weighted by molar-refractivity contribution is 0.272. The van der Waals surface area contributed by atoms with Crippen molar-refractivity contribution in [1.82, 2.24) is 5.32 Å². The summed E-state index contributed by atoms with van der Waals surface area (Å²) in [6, 6.07) is 10.1. The summed E-state index contributed by atoms with van der Waals surface area (Å²) in [5, 5.41) is 21.7. The number of benzene rings is 1. The van der Waals surface area contributed by atoms with Crippen molar-refractivity contribution < 1.29 is 5.11 Å². The third kappa shape index (κ3) is 4.02. The summed E-state index contributed by atoms with van der Waals surface area (Å²) in [5.74, 6) is 0. The number of hydrogen-bond acceptors (Lipinski definition) is 4. The summed E-state index contributed by atoms with van der Waals surface area (Å²) in [6.45, 7) is 4.35. The van der Waals surface area contributed by atoms with E-state index in [4.69, 9.17) is 5.26 Å². The largest absolute Gasteiger partial charge is 0.395 e. The minimum Gasteiger partial charge on any atom is -0.395 e. The highest BCUT2D eigenvalue weighted by molar-refractivity contribution is 7.99. The summed E-state index contributed by atoms with van der Waals surface area (Å²) in [4.78, 5) is 0. The van der Waals surface area contributed by atoms with E-state index in [0.717, 1.165) is 5.56 Å².